The number of thiocarbonyl (C=S) groups is 1. The molecule has 1 fully saturated rings. The lowest BCUT2D eigenvalue weighted by Crippen LogP contribution is -2.24. The van der Waals surface area contributed by atoms with Crippen molar-refractivity contribution in [3.8, 4) is 0 Å². The Morgan fingerprint density at radius 2 is 2.40 bits per heavy atom. The summed E-state index contributed by atoms with van der Waals surface area (Å²) in [5, 5.41) is 11.0. The zero-order chi connectivity index (χ0) is 6.97. The number of rotatable bonds is 2. The van der Waals surface area contributed by atoms with Gasteiger partial charge in [-0.3, -0.25) is 5.32 Å². The Morgan fingerprint density at radius 3 is 2.90 bits per heavy atom. The maximum absolute atomic E-state index is 4.83. The minimum atomic E-state index is 0.111. The summed E-state index contributed by atoms with van der Waals surface area (Å²) < 4.78 is 0.651. The zero-order valence-corrected chi connectivity index (χ0v) is 6.91. The van der Waals surface area contributed by atoms with Crippen LogP contribution in [0.25, 0.3) is 0 Å². The number of hydrogen-bond donors (Lipinski definition) is 1. The van der Waals surface area contributed by atoms with Crippen molar-refractivity contribution in [3.05, 3.63) is 0 Å². The van der Waals surface area contributed by atoms with Crippen molar-refractivity contribution in [3.63, 3.8) is 0 Å². The summed E-state index contributed by atoms with van der Waals surface area (Å²) in [6.07, 6.45) is 2.55. The predicted octanol–water partition coefficient (Wildman–Crippen LogP) is 1.51. The van der Waals surface area contributed by atoms with Gasteiger partial charge < -0.3 is 0 Å². The molecule has 0 spiro atoms. The van der Waals surface area contributed by atoms with Gasteiger partial charge in [-0.05, 0) is 36.8 Å². The summed E-state index contributed by atoms with van der Waals surface area (Å²) in [7, 11) is 0. The van der Waals surface area contributed by atoms with Crippen molar-refractivity contribution < 1.29 is 0 Å². The monoisotopic (exact) mass is 173 g/mol. The molecule has 1 heterocycles. The van der Waals surface area contributed by atoms with E-state index in [9.17, 15) is 0 Å². The Bertz CT molecular complexity index is 187. The van der Waals surface area contributed by atoms with Crippen LogP contribution in [0.1, 0.15) is 12.8 Å². The molecular weight excluding hydrogens is 166 g/mol. The molecule has 0 radical (unpaired) electrons. The first-order valence-corrected chi connectivity index (χ1v) is 4.51. The summed E-state index contributed by atoms with van der Waals surface area (Å²) in [5.41, 5.74) is 0.111. The molecule has 54 valence electrons. The van der Waals surface area contributed by atoms with Crippen LogP contribution in [0, 0.1) is 0 Å². The van der Waals surface area contributed by atoms with E-state index in [1.807, 2.05) is 0 Å². The molecule has 1 N–H and O–H groups in total. The third-order valence-corrected chi connectivity index (χ3v) is 2.52. The Labute approximate surface area is 68.7 Å². The molecule has 0 aromatic rings. The number of thioether (sulfide) groups is 1. The highest BCUT2D eigenvalue weighted by molar-refractivity contribution is 8.23. The van der Waals surface area contributed by atoms with E-state index in [-0.39, 0.29) is 5.50 Å². The third kappa shape index (κ3) is 1.53. The standard InChI is InChI=1S/C5H7N3S2/c9-5-8-7-4(10-5)6-3-1-2-3/h3-4,6H,1-2H2. The molecule has 3 nitrogen and oxygen atoms in total. The average Bonchev–Trinajstić information content (AvgIpc) is 2.59. The minimum absolute atomic E-state index is 0.111. The highest BCUT2D eigenvalue weighted by Crippen LogP contribution is 2.26. The van der Waals surface area contributed by atoms with Gasteiger partial charge in [0.2, 0.25) is 0 Å². The lowest BCUT2D eigenvalue weighted by molar-refractivity contribution is 0.654. The number of hydrogen-bond acceptors (Lipinski definition) is 4. The van der Waals surface area contributed by atoms with Crippen LogP contribution in [0.4, 0.5) is 0 Å². The molecule has 1 aliphatic carbocycles. The van der Waals surface area contributed by atoms with Crippen LogP contribution < -0.4 is 5.32 Å². The topological polar surface area (TPSA) is 36.8 Å². The smallest absolute Gasteiger partial charge is 0.185 e. The number of nitrogens with zero attached hydrogens (tertiary/aromatic N) is 2. The lowest BCUT2D eigenvalue weighted by Gasteiger charge is -2.03. The molecule has 0 aromatic heterocycles. The number of nitrogens with one attached hydrogen (secondary N) is 1. The van der Waals surface area contributed by atoms with E-state index in [1.165, 1.54) is 24.6 Å². The van der Waals surface area contributed by atoms with Crippen LogP contribution in [-0.4, -0.2) is 15.9 Å². The molecule has 1 unspecified atom stereocenters. The summed E-state index contributed by atoms with van der Waals surface area (Å²) >= 11 is 6.35. The number of azo groups is 1. The third-order valence-electron chi connectivity index (χ3n) is 1.41. The first-order chi connectivity index (χ1) is 4.84. The Morgan fingerprint density at radius 1 is 1.60 bits per heavy atom. The van der Waals surface area contributed by atoms with Crippen LogP contribution in [0.2, 0.25) is 0 Å². The van der Waals surface area contributed by atoms with Crippen molar-refractivity contribution in [1.29, 1.82) is 0 Å². The molecule has 0 bridgehead atoms. The largest absolute Gasteiger partial charge is 0.283 e. The molecule has 2 aliphatic rings. The molecule has 1 atom stereocenters. The summed E-state index contributed by atoms with van der Waals surface area (Å²) in [4.78, 5) is 0. The second-order valence-corrected chi connectivity index (χ2v) is 4.11. The van der Waals surface area contributed by atoms with Crippen molar-refractivity contribution in [2.75, 3.05) is 0 Å². The molecular formula is C5H7N3S2. The molecule has 1 saturated carbocycles. The van der Waals surface area contributed by atoms with Gasteiger partial charge in [-0.1, -0.05) is 0 Å². The van der Waals surface area contributed by atoms with Crippen LogP contribution in [0.3, 0.4) is 0 Å². The first-order valence-electron chi connectivity index (χ1n) is 3.22. The van der Waals surface area contributed by atoms with E-state index in [0.717, 1.165) is 0 Å². The maximum atomic E-state index is 4.83. The molecule has 0 aromatic carbocycles. The second kappa shape index (κ2) is 2.56. The summed E-state index contributed by atoms with van der Waals surface area (Å²) in [6, 6.07) is 0.678. The van der Waals surface area contributed by atoms with E-state index < -0.39 is 0 Å². The van der Waals surface area contributed by atoms with Gasteiger partial charge >= 0.3 is 0 Å². The van der Waals surface area contributed by atoms with Gasteiger partial charge in [-0.25, -0.2) is 0 Å². The lowest BCUT2D eigenvalue weighted by atomic mass is 10.7. The average molecular weight is 173 g/mol. The van der Waals surface area contributed by atoms with Crippen molar-refractivity contribution in [2.24, 2.45) is 10.2 Å². The fourth-order valence-electron chi connectivity index (χ4n) is 0.761. The van der Waals surface area contributed by atoms with E-state index in [4.69, 9.17) is 12.2 Å². The first kappa shape index (κ1) is 6.69. The van der Waals surface area contributed by atoms with E-state index in [2.05, 4.69) is 15.5 Å². The molecule has 0 amide bonds. The Hall–Kier alpha value is -0.0000000000000000555. The summed E-state index contributed by atoms with van der Waals surface area (Å²) in [5.74, 6) is 0. The normalized spacial score (nSPS) is 31.6. The van der Waals surface area contributed by atoms with Gasteiger partial charge in [0.1, 0.15) is 0 Å². The highest BCUT2D eigenvalue weighted by Gasteiger charge is 2.27. The molecule has 1 aliphatic heterocycles. The van der Waals surface area contributed by atoms with Crippen molar-refractivity contribution in [2.45, 2.75) is 24.4 Å². The van der Waals surface area contributed by atoms with E-state index >= 15 is 0 Å². The van der Waals surface area contributed by atoms with Crippen molar-refractivity contribution >= 4 is 28.3 Å². The van der Waals surface area contributed by atoms with Crippen molar-refractivity contribution in [1.82, 2.24) is 5.32 Å². The molecule has 5 heteroatoms. The molecule has 0 saturated heterocycles. The Balaban J connectivity index is 1.83. The fraction of sp³-hybridized carbons (Fsp3) is 0.800. The molecule has 2 rings (SSSR count). The zero-order valence-electron chi connectivity index (χ0n) is 5.28. The van der Waals surface area contributed by atoms with Crippen LogP contribution in [0.5, 0.6) is 0 Å². The van der Waals surface area contributed by atoms with Crippen LogP contribution in [-0.2, 0) is 0 Å². The van der Waals surface area contributed by atoms with Gasteiger partial charge in [-0.2, -0.15) is 5.11 Å². The van der Waals surface area contributed by atoms with Gasteiger partial charge in [0.05, 0.1) is 0 Å². The maximum Gasteiger partial charge on any atom is 0.185 e. The van der Waals surface area contributed by atoms with Crippen LogP contribution >= 0.6 is 24.0 Å². The SMILES string of the molecule is S=C1N=NC(NC2CC2)S1. The Kier molecular flexibility index (Phi) is 1.71. The minimum Gasteiger partial charge on any atom is -0.283 e. The fourth-order valence-corrected chi connectivity index (χ4v) is 1.72. The second-order valence-electron chi connectivity index (χ2n) is 2.39. The quantitative estimate of drug-likeness (QED) is 0.643. The van der Waals surface area contributed by atoms with Crippen LogP contribution in [0.15, 0.2) is 10.2 Å². The van der Waals surface area contributed by atoms with Gasteiger partial charge in [0, 0.05) is 6.04 Å². The van der Waals surface area contributed by atoms with Gasteiger partial charge in [0.25, 0.3) is 0 Å². The molecule has 10 heavy (non-hydrogen) atoms. The van der Waals surface area contributed by atoms with Gasteiger partial charge in [-0.15, -0.1) is 5.11 Å². The predicted molar refractivity (Wildman–Crippen MR) is 45.0 cm³/mol. The van der Waals surface area contributed by atoms with Gasteiger partial charge in [0.15, 0.2) is 9.82 Å². The highest BCUT2D eigenvalue weighted by atomic mass is 32.2. The van der Waals surface area contributed by atoms with E-state index in [0.29, 0.717) is 10.4 Å². The summed E-state index contributed by atoms with van der Waals surface area (Å²) in [6.45, 7) is 0. The van der Waals surface area contributed by atoms with E-state index in [1.54, 1.807) is 0 Å².